The normalized spacial score (nSPS) is 10.2. The highest BCUT2D eigenvalue weighted by molar-refractivity contribution is 7.98. The molecule has 0 aliphatic carbocycles. The molecule has 0 aromatic heterocycles. The highest BCUT2D eigenvalue weighted by Crippen LogP contribution is 2.21. The maximum atomic E-state index is 12.0. The van der Waals surface area contributed by atoms with Crippen molar-refractivity contribution in [1.82, 2.24) is 5.32 Å². The predicted molar refractivity (Wildman–Crippen MR) is 95.6 cm³/mol. The van der Waals surface area contributed by atoms with Gasteiger partial charge in [0, 0.05) is 15.6 Å². The van der Waals surface area contributed by atoms with Crippen molar-refractivity contribution in [1.29, 1.82) is 0 Å². The fourth-order valence-electron chi connectivity index (χ4n) is 1.84. The summed E-state index contributed by atoms with van der Waals surface area (Å²) >= 11 is 13.3. The van der Waals surface area contributed by atoms with Crippen LogP contribution in [0.2, 0.25) is 10.0 Å². The van der Waals surface area contributed by atoms with Crippen LogP contribution in [0.4, 0.5) is 5.69 Å². The largest absolute Gasteiger partial charge is 0.343 e. The van der Waals surface area contributed by atoms with E-state index in [0.29, 0.717) is 10.7 Å². The van der Waals surface area contributed by atoms with Crippen LogP contribution in [0.15, 0.2) is 47.4 Å². The molecule has 0 aliphatic rings. The number of benzene rings is 2. The molecule has 0 bridgehead atoms. The molecule has 2 N–H and O–H groups in total. The first kappa shape index (κ1) is 17.7. The summed E-state index contributed by atoms with van der Waals surface area (Å²) in [5.41, 5.74) is 0.953. The number of hydrogen-bond donors (Lipinski definition) is 2. The van der Waals surface area contributed by atoms with Gasteiger partial charge in [0.15, 0.2) is 0 Å². The molecule has 0 spiro atoms. The van der Waals surface area contributed by atoms with E-state index in [2.05, 4.69) is 10.6 Å². The van der Waals surface area contributed by atoms with E-state index in [1.165, 1.54) is 12.1 Å². The fraction of sp³-hybridized carbons (Fsp3) is 0.125. The average molecular weight is 369 g/mol. The van der Waals surface area contributed by atoms with Crippen LogP contribution in [-0.2, 0) is 4.79 Å². The molecule has 0 fully saturated rings. The fourth-order valence-corrected chi connectivity index (χ4v) is 2.79. The van der Waals surface area contributed by atoms with E-state index in [1.54, 1.807) is 23.9 Å². The number of thioether (sulfide) groups is 1. The Kier molecular flexibility index (Phi) is 6.33. The lowest BCUT2D eigenvalue weighted by molar-refractivity contribution is -0.115. The number of carbonyl (C=O) groups excluding carboxylic acids is 2. The number of anilines is 1. The quantitative estimate of drug-likeness (QED) is 0.781. The first-order valence-electron chi connectivity index (χ1n) is 6.67. The molecule has 0 radical (unpaired) electrons. The third-order valence-corrected chi connectivity index (χ3v) is 4.21. The second-order valence-electron chi connectivity index (χ2n) is 4.59. The molecule has 0 saturated heterocycles. The van der Waals surface area contributed by atoms with E-state index in [4.69, 9.17) is 23.2 Å². The number of carbonyl (C=O) groups is 2. The predicted octanol–water partition coefficient (Wildman–Crippen LogP) is 4.08. The summed E-state index contributed by atoms with van der Waals surface area (Å²) in [5, 5.41) is 5.93. The van der Waals surface area contributed by atoms with Crippen molar-refractivity contribution in [2.75, 3.05) is 18.1 Å². The third-order valence-electron chi connectivity index (χ3n) is 2.94. The Bertz CT molecular complexity index is 738. The monoisotopic (exact) mass is 368 g/mol. The van der Waals surface area contributed by atoms with Crippen molar-refractivity contribution < 1.29 is 9.59 Å². The maximum absolute atomic E-state index is 12.0. The first-order valence-corrected chi connectivity index (χ1v) is 8.65. The highest BCUT2D eigenvalue weighted by atomic mass is 35.5. The molecule has 0 unspecified atom stereocenters. The van der Waals surface area contributed by atoms with Crippen molar-refractivity contribution in [3.8, 4) is 0 Å². The van der Waals surface area contributed by atoms with Crippen LogP contribution in [0.1, 0.15) is 10.4 Å². The Balaban J connectivity index is 1.92. The third kappa shape index (κ3) is 5.16. The van der Waals surface area contributed by atoms with Gasteiger partial charge < -0.3 is 10.6 Å². The number of nitrogens with one attached hydrogen (secondary N) is 2. The van der Waals surface area contributed by atoms with E-state index in [-0.39, 0.29) is 23.0 Å². The molecule has 120 valence electrons. The van der Waals surface area contributed by atoms with Crippen LogP contribution in [0.25, 0.3) is 0 Å². The molecule has 0 heterocycles. The summed E-state index contributed by atoms with van der Waals surface area (Å²) in [4.78, 5) is 25.0. The van der Waals surface area contributed by atoms with Crippen molar-refractivity contribution in [3.05, 3.63) is 58.1 Å². The summed E-state index contributed by atoms with van der Waals surface area (Å²) in [6.45, 7) is -0.152. The molecule has 0 aliphatic heterocycles. The lowest BCUT2D eigenvalue weighted by Gasteiger charge is -2.09. The molecule has 2 aromatic carbocycles. The highest BCUT2D eigenvalue weighted by Gasteiger charge is 2.12. The molecule has 0 saturated carbocycles. The molecule has 7 heteroatoms. The smallest absolute Gasteiger partial charge is 0.253 e. The number of amides is 2. The van der Waals surface area contributed by atoms with Crippen LogP contribution in [0.5, 0.6) is 0 Å². The molecule has 2 amide bonds. The second-order valence-corrected chi connectivity index (χ2v) is 6.31. The lowest BCUT2D eigenvalue weighted by Crippen LogP contribution is -2.33. The van der Waals surface area contributed by atoms with Crippen molar-refractivity contribution in [2.24, 2.45) is 0 Å². The van der Waals surface area contributed by atoms with Gasteiger partial charge in [0.2, 0.25) is 5.91 Å². The molecule has 2 rings (SSSR count). The second kappa shape index (κ2) is 8.24. The van der Waals surface area contributed by atoms with Gasteiger partial charge in [-0.05, 0) is 42.7 Å². The van der Waals surface area contributed by atoms with Crippen LogP contribution in [-0.4, -0.2) is 24.6 Å². The van der Waals surface area contributed by atoms with Crippen LogP contribution in [0.3, 0.4) is 0 Å². The van der Waals surface area contributed by atoms with E-state index < -0.39 is 5.91 Å². The average Bonchev–Trinajstić information content (AvgIpc) is 2.53. The lowest BCUT2D eigenvalue weighted by atomic mass is 10.2. The van der Waals surface area contributed by atoms with Gasteiger partial charge in [-0.3, -0.25) is 9.59 Å². The van der Waals surface area contributed by atoms with Gasteiger partial charge in [-0.25, -0.2) is 0 Å². The maximum Gasteiger partial charge on any atom is 0.253 e. The van der Waals surface area contributed by atoms with E-state index >= 15 is 0 Å². The standard InChI is InChI=1S/C16H14Cl2N2O2S/c1-23-12-4-2-3-11(8-12)20-15(21)9-19-16(22)13-6-5-10(17)7-14(13)18/h2-8H,9H2,1H3,(H,19,22)(H,20,21). The molecule has 2 aromatic rings. The summed E-state index contributed by atoms with van der Waals surface area (Å²) < 4.78 is 0. The van der Waals surface area contributed by atoms with Gasteiger partial charge in [0.1, 0.15) is 0 Å². The Hall–Kier alpha value is -1.69. The number of halogens is 2. The number of hydrogen-bond acceptors (Lipinski definition) is 3. The van der Waals surface area contributed by atoms with Crippen molar-refractivity contribution >= 4 is 52.5 Å². The van der Waals surface area contributed by atoms with Gasteiger partial charge >= 0.3 is 0 Å². The summed E-state index contributed by atoms with van der Waals surface area (Å²) in [5.74, 6) is -0.749. The summed E-state index contributed by atoms with van der Waals surface area (Å²) in [7, 11) is 0. The Morgan fingerprint density at radius 2 is 1.91 bits per heavy atom. The molecule has 4 nitrogen and oxygen atoms in total. The Morgan fingerprint density at radius 3 is 2.61 bits per heavy atom. The molecule has 23 heavy (non-hydrogen) atoms. The Labute approximate surface area is 148 Å². The van der Waals surface area contributed by atoms with Crippen molar-refractivity contribution in [2.45, 2.75) is 4.90 Å². The Morgan fingerprint density at radius 1 is 1.13 bits per heavy atom. The zero-order valence-electron chi connectivity index (χ0n) is 12.2. The van der Waals surface area contributed by atoms with Crippen LogP contribution >= 0.6 is 35.0 Å². The molecule has 0 atom stereocenters. The van der Waals surface area contributed by atoms with Crippen molar-refractivity contribution in [3.63, 3.8) is 0 Å². The minimum absolute atomic E-state index is 0.152. The zero-order chi connectivity index (χ0) is 16.8. The first-order chi connectivity index (χ1) is 11.0. The molecular weight excluding hydrogens is 355 g/mol. The van der Waals surface area contributed by atoms with E-state index in [9.17, 15) is 9.59 Å². The summed E-state index contributed by atoms with van der Waals surface area (Å²) in [6, 6.07) is 12.0. The topological polar surface area (TPSA) is 58.2 Å². The van der Waals surface area contributed by atoms with E-state index in [0.717, 1.165) is 4.90 Å². The summed E-state index contributed by atoms with van der Waals surface area (Å²) in [6.07, 6.45) is 1.96. The van der Waals surface area contributed by atoms with E-state index in [1.807, 2.05) is 24.5 Å². The number of rotatable bonds is 5. The van der Waals surface area contributed by atoms with Crippen LogP contribution in [0, 0.1) is 0 Å². The van der Waals surface area contributed by atoms with Gasteiger partial charge in [0.25, 0.3) is 5.91 Å². The SMILES string of the molecule is CSc1cccc(NC(=O)CNC(=O)c2ccc(Cl)cc2Cl)c1. The van der Waals surface area contributed by atoms with Crippen LogP contribution < -0.4 is 10.6 Å². The van der Waals surface area contributed by atoms with Gasteiger partial charge in [-0.15, -0.1) is 11.8 Å². The minimum Gasteiger partial charge on any atom is -0.343 e. The van der Waals surface area contributed by atoms with Gasteiger partial charge in [-0.1, -0.05) is 29.3 Å². The zero-order valence-corrected chi connectivity index (χ0v) is 14.6. The van der Waals surface area contributed by atoms with Gasteiger partial charge in [0.05, 0.1) is 17.1 Å². The molecular formula is C16H14Cl2N2O2S. The minimum atomic E-state index is -0.431. The van der Waals surface area contributed by atoms with Gasteiger partial charge in [-0.2, -0.15) is 0 Å².